The molecular formula is C11H20N2O2. The minimum absolute atomic E-state index is 0.0337. The van der Waals surface area contributed by atoms with E-state index in [1.165, 1.54) is 0 Å². The molecule has 1 saturated heterocycles. The molecule has 1 aliphatic rings. The zero-order valence-electron chi connectivity index (χ0n) is 9.22. The molecular weight excluding hydrogens is 192 g/mol. The third-order valence-corrected chi connectivity index (χ3v) is 2.91. The lowest BCUT2D eigenvalue weighted by Gasteiger charge is -2.35. The number of hydrogen-bond donors (Lipinski definition) is 2. The van der Waals surface area contributed by atoms with Gasteiger partial charge in [0.15, 0.2) is 0 Å². The highest BCUT2D eigenvalue weighted by atomic mass is 16.3. The number of hydrogen-bond acceptors (Lipinski definition) is 3. The number of likely N-dealkylation sites (tertiary alicyclic amines) is 1. The molecule has 1 heterocycles. The van der Waals surface area contributed by atoms with Crippen LogP contribution in [0, 0.1) is 5.92 Å². The fraction of sp³-hybridized carbons (Fsp3) is 0.727. The van der Waals surface area contributed by atoms with Crippen LogP contribution in [0.3, 0.4) is 0 Å². The van der Waals surface area contributed by atoms with Gasteiger partial charge in [-0.25, -0.2) is 0 Å². The Morgan fingerprint density at radius 2 is 2.47 bits per heavy atom. The SMILES string of the molecule is C=CCC(N)C(=O)N1CCC(O)C(C)C1. The Kier molecular flexibility index (Phi) is 4.29. The quantitative estimate of drug-likeness (QED) is 0.653. The van der Waals surface area contributed by atoms with Gasteiger partial charge in [-0.3, -0.25) is 4.79 Å². The molecule has 0 radical (unpaired) electrons. The Morgan fingerprint density at radius 1 is 1.80 bits per heavy atom. The van der Waals surface area contributed by atoms with Gasteiger partial charge in [0.2, 0.25) is 5.91 Å². The Balaban J connectivity index is 2.50. The summed E-state index contributed by atoms with van der Waals surface area (Å²) in [6.45, 7) is 6.72. The fourth-order valence-corrected chi connectivity index (χ4v) is 1.85. The van der Waals surface area contributed by atoms with Crippen LogP contribution in [0.25, 0.3) is 0 Å². The molecule has 0 aromatic carbocycles. The number of aliphatic hydroxyl groups is 1. The van der Waals surface area contributed by atoms with Crippen molar-refractivity contribution in [2.45, 2.75) is 31.9 Å². The molecule has 3 N–H and O–H groups in total. The van der Waals surface area contributed by atoms with Crippen LogP contribution in [0.2, 0.25) is 0 Å². The lowest BCUT2D eigenvalue weighted by molar-refractivity contribution is -0.136. The van der Waals surface area contributed by atoms with Gasteiger partial charge in [-0.1, -0.05) is 13.0 Å². The van der Waals surface area contributed by atoms with Crippen LogP contribution < -0.4 is 5.73 Å². The summed E-state index contributed by atoms with van der Waals surface area (Å²) in [6.07, 6.45) is 2.52. The summed E-state index contributed by atoms with van der Waals surface area (Å²) in [4.78, 5) is 13.6. The summed E-state index contributed by atoms with van der Waals surface area (Å²) >= 11 is 0. The lowest BCUT2D eigenvalue weighted by atomic mass is 9.96. The smallest absolute Gasteiger partial charge is 0.239 e. The Morgan fingerprint density at radius 3 is 3.00 bits per heavy atom. The zero-order valence-corrected chi connectivity index (χ0v) is 9.22. The van der Waals surface area contributed by atoms with Gasteiger partial charge in [-0.05, 0) is 18.8 Å². The third-order valence-electron chi connectivity index (χ3n) is 2.91. The molecule has 4 nitrogen and oxygen atoms in total. The molecule has 1 rings (SSSR count). The van der Waals surface area contributed by atoms with Crippen molar-refractivity contribution in [1.29, 1.82) is 0 Å². The van der Waals surface area contributed by atoms with Gasteiger partial charge in [-0.2, -0.15) is 0 Å². The van der Waals surface area contributed by atoms with Crippen molar-refractivity contribution in [2.75, 3.05) is 13.1 Å². The summed E-state index contributed by atoms with van der Waals surface area (Å²) in [5.41, 5.74) is 5.71. The monoisotopic (exact) mass is 212 g/mol. The standard InChI is InChI=1S/C11H20N2O2/c1-3-4-9(12)11(15)13-6-5-10(14)8(2)7-13/h3,8-10,14H,1,4-7,12H2,2H3. The molecule has 1 amide bonds. The molecule has 0 aromatic heterocycles. The van der Waals surface area contributed by atoms with Crippen molar-refractivity contribution in [1.82, 2.24) is 4.90 Å². The number of carbonyl (C=O) groups excluding carboxylic acids is 1. The molecule has 86 valence electrons. The Bertz CT molecular complexity index is 243. The number of amides is 1. The molecule has 0 aromatic rings. The van der Waals surface area contributed by atoms with Gasteiger partial charge < -0.3 is 15.7 Å². The van der Waals surface area contributed by atoms with E-state index in [9.17, 15) is 9.90 Å². The number of carbonyl (C=O) groups is 1. The van der Waals surface area contributed by atoms with Crippen LogP contribution in [0.5, 0.6) is 0 Å². The van der Waals surface area contributed by atoms with E-state index < -0.39 is 6.04 Å². The van der Waals surface area contributed by atoms with Crippen LogP contribution in [-0.4, -0.2) is 41.1 Å². The first-order chi connectivity index (χ1) is 7.06. The lowest BCUT2D eigenvalue weighted by Crippen LogP contribution is -2.50. The molecule has 15 heavy (non-hydrogen) atoms. The Labute approximate surface area is 90.7 Å². The average Bonchev–Trinajstić information content (AvgIpc) is 2.21. The molecule has 0 bridgehead atoms. The summed E-state index contributed by atoms with van der Waals surface area (Å²) in [5, 5.41) is 9.53. The first kappa shape index (κ1) is 12.2. The molecule has 0 aliphatic carbocycles. The van der Waals surface area contributed by atoms with Crippen molar-refractivity contribution in [3.63, 3.8) is 0 Å². The van der Waals surface area contributed by atoms with E-state index in [4.69, 9.17) is 5.73 Å². The van der Waals surface area contributed by atoms with Crippen molar-refractivity contribution in [3.05, 3.63) is 12.7 Å². The number of rotatable bonds is 3. The normalized spacial score (nSPS) is 28.6. The number of nitrogens with two attached hydrogens (primary N) is 1. The Hall–Kier alpha value is -0.870. The first-order valence-electron chi connectivity index (χ1n) is 5.39. The first-order valence-corrected chi connectivity index (χ1v) is 5.39. The second-order valence-electron chi connectivity index (χ2n) is 4.25. The van der Waals surface area contributed by atoms with Gasteiger partial charge in [0.25, 0.3) is 0 Å². The average molecular weight is 212 g/mol. The minimum atomic E-state index is -0.482. The minimum Gasteiger partial charge on any atom is -0.393 e. The van der Waals surface area contributed by atoms with Crippen molar-refractivity contribution in [3.8, 4) is 0 Å². The van der Waals surface area contributed by atoms with Crippen LogP contribution in [0.1, 0.15) is 19.8 Å². The predicted molar refractivity (Wildman–Crippen MR) is 59.2 cm³/mol. The molecule has 1 fully saturated rings. The number of nitrogens with zero attached hydrogens (tertiary/aromatic N) is 1. The maximum absolute atomic E-state index is 11.8. The van der Waals surface area contributed by atoms with Crippen molar-refractivity contribution >= 4 is 5.91 Å². The third kappa shape index (κ3) is 3.04. The summed E-state index contributed by atoms with van der Waals surface area (Å²) in [5.74, 6) is 0.104. The van der Waals surface area contributed by atoms with Gasteiger partial charge in [0.05, 0.1) is 12.1 Å². The van der Waals surface area contributed by atoms with E-state index in [1.807, 2.05) is 6.92 Å². The van der Waals surface area contributed by atoms with Gasteiger partial charge in [0, 0.05) is 13.1 Å². The topological polar surface area (TPSA) is 66.6 Å². The van der Waals surface area contributed by atoms with Gasteiger partial charge in [0.1, 0.15) is 0 Å². The molecule has 4 heteroatoms. The zero-order chi connectivity index (χ0) is 11.4. The van der Waals surface area contributed by atoms with E-state index in [2.05, 4.69) is 6.58 Å². The van der Waals surface area contributed by atoms with Gasteiger partial charge >= 0.3 is 0 Å². The fourth-order valence-electron chi connectivity index (χ4n) is 1.85. The summed E-state index contributed by atoms with van der Waals surface area (Å²) in [6, 6.07) is -0.482. The van der Waals surface area contributed by atoms with E-state index >= 15 is 0 Å². The van der Waals surface area contributed by atoms with Crippen LogP contribution >= 0.6 is 0 Å². The van der Waals surface area contributed by atoms with E-state index in [1.54, 1.807) is 11.0 Å². The molecule has 1 aliphatic heterocycles. The highest BCUT2D eigenvalue weighted by Gasteiger charge is 2.29. The van der Waals surface area contributed by atoms with Crippen LogP contribution in [0.4, 0.5) is 0 Å². The van der Waals surface area contributed by atoms with Crippen molar-refractivity contribution in [2.24, 2.45) is 11.7 Å². The summed E-state index contributed by atoms with van der Waals surface area (Å²) in [7, 11) is 0. The van der Waals surface area contributed by atoms with E-state index in [0.717, 1.165) is 0 Å². The maximum Gasteiger partial charge on any atom is 0.239 e. The van der Waals surface area contributed by atoms with Crippen molar-refractivity contribution < 1.29 is 9.90 Å². The largest absolute Gasteiger partial charge is 0.393 e. The molecule has 0 saturated carbocycles. The van der Waals surface area contributed by atoms with Crippen LogP contribution in [0.15, 0.2) is 12.7 Å². The van der Waals surface area contributed by atoms with Gasteiger partial charge in [-0.15, -0.1) is 6.58 Å². The van der Waals surface area contributed by atoms with Crippen LogP contribution in [-0.2, 0) is 4.79 Å². The van der Waals surface area contributed by atoms with E-state index in [-0.39, 0.29) is 17.9 Å². The summed E-state index contributed by atoms with van der Waals surface area (Å²) < 4.78 is 0. The second-order valence-corrected chi connectivity index (χ2v) is 4.25. The number of aliphatic hydroxyl groups excluding tert-OH is 1. The highest BCUT2D eigenvalue weighted by molar-refractivity contribution is 5.81. The molecule has 0 spiro atoms. The predicted octanol–water partition coefficient (Wildman–Crippen LogP) is 0.119. The highest BCUT2D eigenvalue weighted by Crippen LogP contribution is 2.17. The molecule has 3 atom stereocenters. The number of piperidine rings is 1. The molecule has 3 unspecified atom stereocenters. The van der Waals surface area contributed by atoms with E-state index in [0.29, 0.717) is 25.9 Å². The maximum atomic E-state index is 11.8. The second kappa shape index (κ2) is 5.28.